The van der Waals surface area contributed by atoms with Crippen LogP contribution in [0.15, 0.2) is 12.1 Å². The minimum atomic E-state index is -0.485. The fourth-order valence-corrected chi connectivity index (χ4v) is 1.34. The minimum absolute atomic E-state index is 0.0814. The molecule has 0 unspecified atom stereocenters. The van der Waals surface area contributed by atoms with Gasteiger partial charge in [0.05, 0.1) is 11.5 Å². The van der Waals surface area contributed by atoms with Crippen molar-refractivity contribution in [2.24, 2.45) is 0 Å². The molecule has 17 heavy (non-hydrogen) atoms. The van der Waals surface area contributed by atoms with Gasteiger partial charge >= 0.3 is 5.69 Å². The number of aromatic nitrogens is 1. The van der Waals surface area contributed by atoms with Gasteiger partial charge in [-0.05, 0) is 12.5 Å². The van der Waals surface area contributed by atoms with E-state index in [0.717, 1.165) is 19.3 Å². The molecule has 1 heterocycles. The molecule has 0 aliphatic carbocycles. The molecule has 1 N–H and O–H groups in total. The Morgan fingerprint density at radius 3 is 2.82 bits per heavy atom. The maximum atomic E-state index is 10.8. The summed E-state index contributed by atoms with van der Waals surface area (Å²) in [5.74, 6) is 0.638. The number of pyridine rings is 1. The molecule has 0 aliphatic rings. The number of rotatable bonds is 7. The Morgan fingerprint density at radius 1 is 1.47 bits per heavy atom. The molecule has 0 atom stereocenters. The fourth-order valence-electron chi connectivity index (χ4n) is 1.34. The molecule has 0 aliphatic heterocycles. The molecular weight excluding hydrogens is 222 g/mol. The van der Waals surface area contributed by atoms with Crippen molar-refractivity contribution in [1.29, 1.82) is 0 Å². The topological polar surface area (TPSA) is 77.3 Å². The predicted octanol–water partition coefficient (Wildman–Crippen LogP) is 2.60. The zero-order valence-electron chi connectivity index (χ0n) is 10.1. The quantitative estimate of drug-likeness (QED) is 0.449. The lowest BCUT2D eigenvalue weighted by Gasteiger charge is -2.07. The van der Waals surface area contributed by atoms with Crippen LogP contribution < -0.4 is 10.1 Å². The Labute approximate surface area is 100 Å². The summed E-state index contributed by atoms with van der Waals surface area (Å²) in [6.45, 7) is 2.54. The van der Waals surface area contributed by atoms with E-state index >= 15 is 0 Å². The summed E-state index contributed by atoms with van der Waals surface area (Å²) < 4.78 is 5.35. The van der Waals surface area contributed by atoms with E-state index in [1.54, 1.807) is 13.1 Å². The van der Waals surface area contributed by atoms with Crippen molar-refractivity contribution in [3.8, 4) is 5.88 Å². The molecule has 1 rings (SSSR count). The number of hydrogen-bond acceptors (Lipinski definition) is 5. The van der Waals surface area contributed by atoms with Crippen molar-refractivity contribution in [1.82, 2.24) is 4.98 Å². The number of nitro groups is 1. The molecule has 0 radical (unpaired) electrons. The molecule has 0 bridgehead atoms. The van der Waals surface area contributed by atoms with Crippen LogP contribution in [0.1, 0.15) is 26.2 Å². The average molecular weight is 239 g/mol. The van der Waals surface area contributed by atoms with Crippen LogP contribution in [0.5, 0.6) is 5.88 Å². The van der Waals surface area contributed by atoms with E-state index < -0.39 is 4.92 Å². The summed E-state index contributed by atoms with van der Waals surface area (Å²) in [5, 5.41) is 13.6. The van der Waals surface area contributed by atoms with Gasteiger partial charge in [0.25, 0.3) is 5.88 Å². The summed E-state index contributed by atoms with van der Waals surface area (Å²) in [5.41, 5.74) is -0.0968. The summed E-state index contributed by atoms with van der Waals surface area (Å²) in [6.07, 6.45) is 2.99. The second kappa shape index (κ2) is 6.67. The summed E-state index contributed by atoms with van der Waals surface area (Å²) in [7, 11) is 1.70. The van der Waals surface area contributed by atoms with Crippen LogP contribution in [-0.4, -0.2) is 23.6 Å². The monoisotopic (exact) mass is 239 g/mol. The molecule has 0 fully saturated rings. The van der Waals surface area contributed by atoms with Gasteiger partial charge in [0.1, 0.15) is 5.82 Å². The van der Waals surface area contributed by atoms with Crippen LogP contribution >= 0.6 is 0 Å². The van der Waals surface area contributed by atoms with Gasteiger partial charge in [0.15, 0.2) is 0 Å². The molecule has 0 saturated carbocycles. The first-order valence-electron chi connectivity index (χ1n) is 5.65. The molecule has 0 aromatic carbocycles. The molecule has 6 nitrogen and oxygen atoms in total. The SMILES string of the molecule is CCCCCOc1nc(NC)ccc1[N+](=O)[O-]. The van der Waals surface area contributed by atoms with Gasteiger partial charge in [-0.1, -0.05) is 19.8 Å². The predicted molar refractivity (Wildman–Crippen MR) is 65.5 cm³/mol. The number of unbranched alkanes of at least 4 members (excludes halogenated alkanes) is 2. The average Bonchev–Trinajstić information content (AvgIpc) is 2.34. The normalized spacial score (nSPS) is 10.0. The van der Waals surface area contributed by atoms with E-state index in [2.05, 4.69) is 17.2 Å². The van der Waals surface area contributed by atoms with E-state index in [-0.39, 0.29) is 11.6 Å². The first-order chi connectivity index (χ1) is 8.19. The van der Waals surface area contributed by atoms with Gasteiger partial charge in [-0.15, -0.1) is 0 Å². The Kier molecular flexibility index (Phi) is 5.19. The second-order valence-corrected chi connectivity index (χ2v) is 3.58. The van der Waals surface area contributed by atoms with E-state index in [9.17, 15) is 10.1 Å². The van der Waals surface area contributed by atoms with Gasteiger partial charge in [0, 0.05) is 13.1 Å². The Bertz CT molecular complexity index is 382. The summed E-state index contributed by atoms with van der Waals surface area (Å²) in [4.78, 5) is 14.3. The molecule has 1 aromatic rings. The lowest BCUT2D eigenvalue weighted by molar-refractivity contribution is -0.386. The van der Waals surface area contributed by atoms with E-state index in [1.807, 2.05) is 0 Å². The number of hydrogen-bond donors (Lipinski definition) is 1. The fraction of sp³-hybridized carbons (Fsp3) is 0.545. The standard InChI is InChI=1S/C11H17N3O3/c1-3-4-5-8-17-11-9(14(15)16)6-7-10(12-2)13-11/h6-7H,3-5,8H2,1-2H3,(H,12,13). The Morgan fingerprint density at radius 2 is 2.24 bits per heavy atom. The third-order valence-corrected chi connectivity index (χ3v) is 2.28. The number of anilines is 1. The van der Waals surface area contributed by atoms with Gasteiger partial charge in [-0.3, -0.25) is 10.1 Å². The molecular formula is C11H17N3O3. The lowest BCUT2D eigenvalue weighted by Crippen LogP contribution is -2.04. The molecule has 0 saturated heterocycles. The first kappa shape index (κ1) is 13.2. The number of nitrogens with zero attached hydrogens (tertiary/aromatic N) is 2. The van der Waals surface area contributed by atoms with Crippen LogP contribution in [0.3, 0.4) is 0 Å². The Hall–Kier alpha value is -1.85. The van der Waals surface area contributed by atoms with Crippen LogP contribution in [0, 0.1) is 10.1 Å². The van der Waals surface area contributed by atoms with Crippen molar-refractivity contribution < 1.29 is 9.66 Å². The van der Waals surface area contributed by atoms with Gasteiger partial charge in [-0.2, -0.15) is 4.98 Å². The third kappa shape index (κ3) is 3.90. The lowest BCUT2D eigenvalue weighted by atomic mass is 10.3. The number of nitrogens with one attached hydrogen (secondary N) is 1. The van der Waals surface area contributed by atoms with Crippen LogP contribution in [0.25, 0.3) is 0 Å². The first-order valence-corrected chi connectivity index (χ1v) is 5.65. The highest BCUT2D eigenvalue weighted by Gasteiger charge is 2.17. The molecule has 6 heteroatoms. The van der Waals surface area contributed by atoms with Crippen LogP contribution in [-0.2, 0) is 0 Å². The van der Waals surface area contributed by atoms with E-state index in [0.29, 0.717) is 12.4 Å². The largest absolute Gasteiger partial charge is 0.473 e. The summed E-state index contributed by atoms with van der Waals surface area (Å²) >= 11 is 0. The van der Waals surface area contributed by atoms with Crippen molar-refractivity contribution in [2.75, 3.05) is 19.0 Å². The Balaban J connectivity index is 2.75. The van der Waals surface area contributed by atoms with E-state index in [1.165, 1.54) is 6.07 Å². The molecule has 94 valence electrons. The highest BCUT2D eigenvalue weighted by molar-refractivity contribution is 5.48. The van der Waals surface area contributed by atoms with Gasteiger partial charge < -0.3 is 10.1 Å². The summed E-state index contributed by atoms with van der Waals surface area (Å²) in [6, 6.07) is 2.95. The molecule has 0 amide bonds. The maximum absolute atomic E-state index is 10.8. The van der Waals surface area contributed by atoms with Gasteiger partial charge in [-0.25, -0.2) is 0 Å². The molecule has 0 spiro atoms. The van der Waals surface area contributed by atoms with Crippen molar-refractivity contribution in [3.63, 3.8) is 0 Å². The van der Waals surface area contributed by atoms with Crippen molar-refractivity contribution >= 4 is 11.5 Å². The highest BCUT2D eigenvalue weighted by Crippen LogP contribution is 2.26. The minimum Gasteiger partial charge on any atom is -0.473 e. The van der Waals surface area contributed by atoms with Crippen molar-refractivity contribution in [3.05, 3.63) is 22.2 Å². The number of ether oxygens (including phenoxy) is 1. The zero-order valence-corrected chi connectivity index (χ0v) is 10.1. The van der Waals surface area contributed by atoms with Crippen LogP contribution in [0.4, 0.5) is 11.5 Å². The van der Waals surface area contributed by atoms with Gasteiger partial charge in [0.2, 0.25) is 0 Å². The second-order valence-electron chi connectivity index (χ2n) is 3.58. The third-order valence-electron chi connectivity index (χ3n) is 2.28. The molecule has 1 aromatic heterocycles. The maximum Gasteiger partial charge on any atom is 0.331 e. The van der Waals surface area contributed by atoms with E-state index in [4.69, 9.17) is 4.74 Å². The smallest absolute Gasteiger partial charge is 0.331 e. The van der Waals surface area contributed by atoms with Crippen molar-refractivity contribution in [2.45, 2.75) is 26.2 Å². The van der Waals surface area contributed by atoms with Crippen LogP contribution in [0.2, 0.25) is 0 Å². The highest BCUT2D eigenvalue weighted by atomic mass is 16.6. The zero-order chi connectivity index (χ0) is 12.7.